The van der Waals surface area contributed by atoms with E-state index in [9.17, 15) is 13.6 Å². The Morgan fingerprint density at radius 3 is 2.74 bits per heavy atom. The average Bonchev–Trinajstić information content (AvgIpc) is 2.37. The minimum absolute atomic E-state index is 0.0976. The summed E-state index contributed by atoms with van der Waals surface area (Å²) < 4.78 is 33.7. The van der Waals surface area contributed by atoms with E-state index < -0.39 is 12.0 Å². The Balaban J connectivity index is 2.50. The molecule has 0 unspecified atom stereocenters. The van der Waals surface area contributed by atoms with Crippen LogP contribution in [-0.4, -0.2) is 13.1 Å². The van der Waals surface area contributed by atoms with Gasteiger partial charge in [0.05, 0.1) is 7.11 Å². The van der Waals surface area contributed by atoms with Crippen LogP contribution in [0, 0.1) is 6.92 Å². The van der Waals surface area contributed by atoms with Gasteiger partial charge in [-0.2, -0.15) is 8.78 Å². The molecule has 5 heteroatoms. The smallest absolute Gasteiger partial charge is 0.311 e. The van der Waals surface area contributed by atoms with Gasteiger partial charge in [-0.1, -0.05) is 6.07 Å². The number of hydrogen-bond acceptors (Lipinski definition) is 3. The number of hydrogen-bond donors (Lipinski definition) is 0. The molecule has 3 nitrogen and oxygen atoms in total. The van der Waals surface area contributed by atoms with Crippen molar-refractivity contribution in [1.29, 1.82) is 0 Å². The highest BCUT2D eigenvalue weighted by Crippen LogP contribution is 2.24. The van der Waals surface area contributed by atoms with Gasteiger partial charge in [-0.15, -0.1) is 0 Å². The lowest BCUT2D eigenvalue weighted by atomic mass is 10.2. The summed E-state index contributed by atoms with van der Waals surface area (Å²) in [6.07, 6.45) is -0.338. The Labute approximate surface area is 110 Å². The van der Waals surface area contributed by atoms with Crippen LogP contribution in [0.1, 0.15) is 24.8 Å². The molecule has 1 aromatic carbocycles. The predicted molar refractivity (Wildman–Crippen MR) is 67.5 cm³/mol. The fourth-order valence-corrected chi connectivity index (χ4v) is 1.45. The van der Waals surface area contributed by atoms with Crippen LogP contribution in [0.5, 0.6) is 11.5 Å². The maximum atomic E-state index is 11.8. The SMILES string of the molecule is COc1ccc(C)c(OC(=O)CCCC=C(F)F)c1. The van der Waals surface area contributed by atoms with Gasteiger partial charge in [-0.05, 0) is 37.5 Å². The van der Waals surface area contributed by atoms with Gasteiger partial charge < -0.3 is 9.47 Å². The average molecular weight is 270 g/mol. The summed E-state index contributed by atoms with van der Waals surface area (Å²) >= 11 is 0. The predicted octanol–water partition coefficient (Wildman–Crippen LogP) is 3.86. The summed E-state index contributed by atoms with van der Waals surface area (Å²) in [5, 5.41) is 0. The molecule has 0 N–H and O–H groups in total. The van der Waals surface area contributed by atoms with E-state index in [1.54, 1.807) is 18.2 Å². The van der Waals surface area contributed by atoms with Crippen molar-refractivity contribution in [3.05, 3.63) is 35.9 Å². The number of allylic oxidation sites excluding steroid dienone is 1. The van der Waals surface area contributed by atoms with Gasteiger partial charge in [0.2, 0.25) is 0 Å². The molecule has 0 amide bonds. The summed E-state index contributed by atoms with van der Waals surface area (Å²) in [5.74, 6) is 0.580. The Morgan fingerprint density at radius 1 is 1.37 bits per heavy atom. The lowest BCUT2D eigenvalue weighted by molar-refractivity contribution is -0.134. The zero-order valence-electron chi connectivity index (χ0n) is 10.9. The highest BCUT2D eigenvalue weighted by molar-refractivity contribution is 5.72. The molecule has 0 aliphatic heterocycles. The standard InChI is InChI=1S/C14H16F2O3/c1-10-7-8-11(18-2)9-12(10)19-14(17)6-4-3-5-13(15)16/h5,7-9H,3-4,6H2,1-2H3. The molecule has 0 aliphatic rings. The summed E-state index contributed by atoms with van der Waals surface area (Å²) in [6, 6.07) is 5.17. The molecule has 0 fully saturated rings. The molecule has 0 saturated carbocycles. The molecule has 0 heterocycles. The minimum Gasteiger partial charge on any atom is -0.497 e. The number of carbonyl (C=O) groups is 1. The number of aryl methyl sites for hydroxylation is 1. The quantitative estimate of drug-likeness (QED) is 0.447. The maximum absolute atomic E-state index is 11.8. The van der Waals surface area contributed by atoms with Crippen LogP contribution in [0.25, 0.3) is 0 Å². The first-order valence-corrected chi connectivity index (χ1v) is 5.89. The lowest BCUT2D eigenvalue weighted by Gasteiger charge is -2.08. The molecule has 19 heavy (non-hydrogen) atoms. The second-order valence-corrected chi connectivity index (χ2v) is 3.99. The second kappa shape index (κ2) is 7.51. The number of ether oxygens (including phenoxy) is 2. The summed E-state index contributed by atoms with van der Waals surface area (Å²) in [5.41, 5.74) is 0.809. The molecule has 0 bridgehead atoms. The molecule has 0 aromatic heterocycles. The number of rotatable bonds is 6. The van der Waals surface area contributed by atoms with Crippen molar-refractivity contribution < 1.29 is 23.0 Å². The Kier molecular flexibility index (Phi) is 5.99. The van der Waals surface area contributed by atoms with Gasteiger partial charge in [-0.25, -0.2) is 0 Å². The van der Waals surface area contributed by atoms with Crippen molar-refractivity contribution >= 4 is 5.97 Å². The zero-order chi connectivity index (χ0) is 14.3. The third-order valence-electron chi connectivity index (χ3n) is 2.50. The van der Waals surface area contributed by atoms with Gasteiger partial charge in [0.25, 0.3) is 6.08 Å². The van der Waals surface area contributed by atoms with Crippen LogP contribution in [-0.2, 0) is 4.79 Å². The van der Waals surface area contributed by atoms with Crippen molar-refractivity contribution in [2.24, 2.45) is 0 Å². The van der Waals surface area contributed by atoms with Gasteiger partial charge >= 0.3 is 5.97 Å². The first-order valence-electron chi connectivity index (χ1n) is 5.89. The number of halogens is 2. The van der Waals surface area contributed by atoms with Crippen molar-refractivity contribution in [3.8, 4) is 11.5 Å². The Bertz CT molecular complexity index is 466. The van der Waals surface area contributed by atoms with Crippen LogP contribution >= 0.6 is 0 Å². The molecular formula is C14H16F2O3. The molecular weight excluding hydrogens is 254 g/mol. The molecule has 0 spiro atoms. The van der Waals surface area contributed by atoms with Gasteiger partial charge in [-0.3, -0.25) is 4.79 Å². The number of benzene rings is 1. The minimum atomic E-state index is -1.72. The molecule has 1 rings (SSSR count). The van der Waals surface area contributed by atoms with Crippen molar-refractivity contribution in [3.63, 3.8) is 0 Å². The van der Waals surface area contributed by atoms with Crippen LogP contribution < -0.4 is 9.47 Å². The molecule has 0 saturated heterocycles. The second-order valence-electron chi connectivity index (χ2n) is 3.99. The van der Waals surface area contributed by atoms with Crippen molar-refractivity contribution in [2.75, 3.05) is 7.11 Å². The fraction of sp³-hybridized carbons (Fsp3) is 0.357. The van der Waals surface area contributed by atoms with Crippen LogP contribution in [0.3, 0.4) is 0 Å². The molecule has 0 aliphatic carbocycles. The topological polar surface area (TPSA) is 35.5 Å². The summed E-state index contributed by atoms with van der Waals surface area (Å²) in [4.78, 5) is 11.5. The third-order valence-corrected chi connectivity index (χ3v) is 2.50. The van der Waals surface area contributed by atoms with Gasteiger partial charge in [0.1, 0.15) is 11.5 Å². The van der Waals surface area contributed by atoms with Crippen LogP contribution in [0.15, 0.2) is 30.4 Å². The molecule has 1 aromatic rings. The van der Waals surface area contributed by atoms with Crippen molar-refractivity contribution in [1.82, 2.24) is 0 Å². The number of unbranched alkanes of at least 4 members (excludes halogenated alkanes) is 1. The molecule has 104 valence electrons. The van der Waals surface area contributed by atoms with E-state index in [0.29, 0.717) is 17.9 Å². The summed E-state index contributed by atoms with van der Waals surface area (Å²) in [7, 11) is 1.52. The monoisotopic (exact) mass is 270 g/mol. The fourth-order valence-electron chi connectivity index (χ4n) is 1.45. The highest BCUT2D eigenvalue weighted by atomic mass is 19.3. The van der Waals surface area contributed by atoms with Crippen LogP contribution in [0.4, 0.5) is 8.78 Å². The van der Waals surface area contributed by atoms with E-state index >= 15 is 0 Å². The zero-order valence-corrected chi connectivity index (χ0v) is 10.9. The summed E-state index contributed by atoms with van der Waals surface area (Å²) in [6.45, 7) is 1.81. The van der Waals surface area contributed by atoms with E-state index in [2.05, 4.69) is 0 Å². The van der Waals surface area contributed by atoms with E-state index in [4.69, 9.17) is 9.47 Å². The highest BCUT2D eigenvalue weighted by Gasteiger charge is 2.08. The number of esters is 1. The van der Waals surface area contributed by atoms with E-state index in [-0.39, 0.29) is 12.8 Å². The first kappa shape index (κ1) is 15.1. The molecule has 0 radical (unpaired) electrons. The first-order chi connectivity index (χ1) is 9.02. The Morgan fingerprint density at radius 2 is 2.11 bits per heavy atom. The van der Waals surface area contributed by atoms with Gasteiger partial charge in [0.15, 0.2) is 0 Å². The number of carbonyl (C=O) groups excluding carboxylic acids is 1. The maximum Gasteiger partial charge on any atom is 0.311 e. The number of methoxy groups -OCH3 is 1. The van der Waals surface area contributed by atoms with Crippen LogP contribution in [0.2, 0.25) is 0 Å². The normalized spacial score (nSPS) is 9.89. The van der Waals surface area contributed by atoms with E-state index in [0.717, 1.165) is 11.6 Å². The lowest BCUT2D eigenvalue weighted by Crippen LogP contribution is -2.08. The van der Waals surface area contributed by atoms with E-state index in [1.807, 2.05) is 6.92 Å². The molecule has 0 atom stereocenters. The third kappa shape index (κ3) is 5.50. The Hall–Kier alpha value is -1.91. The van der Waals surface area contributed by atoms with Gasteiger partial charge in [0, 0.05) is 12.5 Å². The largest absolute Gasteiger partial charge is 0.497 e. The van der Waals surface area contributed by atoms with Crippen molar-refractivity contribution in [2.45, 2.75) is 26.2 Å². The van der Waals surface area contributed by atoms with E-state index in [1.165, 1.54) is 7.11 Å².